The van der Waals surface area contributed by atoms with Gasteiger partial charge in [-0.3, -0.25) is 0 Å². The molecule has 1 aromatic rings. The maximum Gasteiger partial charge on any atom is 0.146 e. The second-order valence-corrected chi connectivity index (χ2v) is 4.46. The molecule has 1 aliphatic heterocycles. The standard InChI is InChI=1S/C13H18FNO2/c1-17-9-10-5-6-15(7-10)13-11(8-16)3-2-4-12(13)14/h2-4,10,16H,5-9H2,1H3. The minimum Gasteiger partial charge on any atom is -0.392 e. The van der Waals surface area contributed by atoms with Gasteiger partial charge in [-0.05, 0) is 12.5 Å². The van der Waals surface area contributed by atoms with E-state index in [4.69, 9.17) is 4.74 Å². The molecular formula is C13H18FNO2. The Morgan fingerprint density at radius 2 is 2.35 bits per heavy atom. The van der Waals surface area contributed by atoms with E-state index >= 15 is 0 Å². The van der Waals surface area contributed by atoms with E-state index in [2.05, 4.69) is 0 Å². The number of methoxy groups -OCH3 is 1. The minimum absolute atomic E-state index is 0.126. The summed E-state index contributed by atoms with van der Waals surface area (Å²) < 4.78 is 18.9. The van der Waals surface area contributed by atoms with Crippen molar-refractivity contribution in [1.29, 1.82) is 0 Å². The van der Waals surface area contributed by atoms with Gasteiger partial charge in [-0.1, -0.05) is 12.1 Å². The van der Waals surface area contributed by atoms with E-state index in [1.54, 1.807) is 19.2 Å². The molecule has 0 radical (unpaired) electrons. The first-order chi connectivity index (χ1) is 8.26. The van der Waals surface area contributed by atoms with Crippen LogP contribution in [0.4, 0.5) is 10.1 Å². The van der Waals surface area contributed by atoms with E-state index in [1.807, 2.05) is 4.90 Å². The first-order valence-electron chi connectivity index (χ1n) is 5.88. The molecule has 1 heterocycles. The number of ether oxygens (including phenoxy) is 1. The number of benzene rings is 1. The molecule has 1 unspecified atom stereocenters. The predicted octanol–water partition coefficient (Wildman–Crippen LogP) is 1.79. The van der Waals surface area contributed by atoms with Gasteiger partial charge in [-0.15, -0.1) is 0 Å². The second-order valence-electron chi connectivity index (χ2n) is 4.46. The number of aliphatic hydroxyl groups is 1. The van der Waals surface area contributed by atoms with Crippen LogP contribution in [0.15, 0.2) is 18.2 Å². The van der Waals surface area contributed by atoms with Crippen LogP contribution in [0.3, 0.4) is 0 Å². The van der Waals surface area contributed by atoms with Crippen molar-refractivity contribution in [2.45, 2.75) is 13.0 Å². The number of nitrogens with zero attached hydrogens (tertiary/aromatic N) is 1. The molecule has 0 saturated carbocycles. The molecule has 3 nitrogen and oxygen atoms in total. The Bertz CT molecular complexity index is 384. The predicted molar refractivity (Wildman–Crippen MR) is 64.5 cm³/mol. The summed E-state index contributed by atoms with van der Waals surface area (Å²) in [5, 5.41) is 9.25. The smallest absolute Gasteiger partial charge is 0.146 e. The van der Waals surface area contributed by atoms with Gasteiger partial charge in [-0.2, -0.15) is 0 Å². The number of hydrogen-bond acceptors (Lipinski definition) is 3. The van der Waals surface area contributed by atoms with Crippen LogP contribution in [0.25, 0.3) is 0 Å². The maximum absolute atomic E-state index is 13.8. The van der Waals surface area contributed by atoms with Crippen LogP contribution in [-0.4, -0.2) is 31.9 Å². The molecule has 94 valence electrons. The molecule has 0 amide bonds. The van der Waals surface area contributed by atoms with Crippen LogP contribution in [-0.2, 0) is 11.3 Å². The van der Waals surface area contributed by atoms with Crippen LogP contribution in [0, 0.1) is 11.7 Å². The van der Waals surface area contributed by atoms with Gasteiger partial charge in [0.2, 0.25) is 0 Å². The lowest BCUT2D eigenvalue weighted by atomic mass is 10.1. The zero-order valence-electron chi connectivity index (χ0n) is 10.0. The lowest BCUT2D eigenvalue weighted by Gasteiger charge is -2.22. The van der Waals surface area contributed by atoms with Gasteiger partial charge in [0, 0.05) is 31.7 Å². The van der Waals surface area contributed by atoms with E-state index < -0.39 is 0 Å². The minimum atomic E-state index is -0.255. The van der Waals surface area contributed by atoms with Crippen molar-refractivity contribution in [3.05, 3.63) is 29.6 Å². The molecule has 1 aromatic carbocycles. The molecular weight excluding hydrogens is 221 g/mol. The van der Waals surface area contributed by atoms with Crippen molar-refractivity contribution < 1.29 is 14.2 Å². The Balaban J connectivity index is 2.18. The van der Waals surface area contributed by atoms with E-state index in [1.165, 1.54) is 6.07 Å². The Hall–Kier alpha value is -1.13. The molecule has 1 aliphatic rings. The molecule has 1 saturated heterocycles. The van der Waals surface area contributed by atoms with Gasteiger partial charge in [0.05, 0.1) is 18.9 Å². The van der Waals surface area contributed by atoms with Gasteiger partial charge in [0.15, 0.2) is 0 Å². The van der Waals surface area contributed by atoms with Crippen LogP contribution in [0.2, 0.25) is 0 Å². The second kappa shape index (κ2) is 5.47. The zero-order valence-corrected chi connectivity index (χ0v) is 10.0. The van der Waals surface area contributed by atoms with Gasteiger partial charge < -0.3 is 14.7 Å². The number of aliphatic hydroxyl groups excluding tert-OH is 1. The van der Waals surface area contributed by atoms with Crippen molar-refractivity contribution >= 4 is 5.69 Å². The van der Waals surface area contributed by atoms with Gasteiger partial charge in [0.1, 0.15) is 5.82 Å². The zero-order chi connectivity index (χ0) is 12.3. The highest BCUT2D eigenvalue weighted by Gasteiger charge is 2.25. The molecule has 0 spiro atoms. The van der Waals surface area contributed by atoms with Gasteiger partial charge in [-0.25, -0.2) is 4.39 Å². The third-order valence-electron chi connectivity index (χ3n) is 3.25. The Labute approximate surface area is 101 Å². The summed E-state index contributed by atoms with van der Waals surface area (Å²) in [4.78, 5) is 2.00. The number of halogens is 1. The summed E-state index contributed by atoms with van der Waals surface area (Å²) in [7, 11) is 1.69. The van der Waals surface area contributed by atoms with Crippen LogP contribution < -0.4 is 4.90 Å². The molecule has 17 heavy (non-hydrogen) atoms. The third kappa shape index (κ3) is 2.58. The lowest BCUT2D eigenvalue weighted by Crippen LogP contribution is -2.23. The molecule has 4 heteroatoms. The lowest BCUT2D eigenvalue weighted by molar-refractivity contribution is 0.161. The number of anilines is 1. The topological polar surface area (TPSA) is 32.7 Å². The summed E-state index contributed by atoms with van der Waals surface area (Å²) in [5.41, 5.74) is 1.21. The van der Waals surface area contributed by atoms with E-state index in [9.17, 15) is 9.50 Å². The first kappa shape index (κ1) is 12.3. The van der Waals surface area contributed by atoms with Crippen molar-refractivity contribution in [1.82, 2.24) is 0 Å². The van der Waals surface area contributed by atoms with Crippen molar-refractivity contribution in [2.24, 2.45) is 5.92 Å². The fraction of sp³-hybridized carbons (Fsp3) is 0.538. The Morgan fingerprint density at radius 3 is 3.06 bits per heavy atom. The number of hydrogen-bond donors (Lipinski definition) is 1. The number of rotatable bonds is 4. The molecule has 0 bridgehead atoms. The average molecular weight is 239 g/mol. The van der Waals surface area contributed by atoms with Crippen molar-refractivity contribution in [3.63, 3.8) is 0 Å². The van der Waals surface area contributed by atoms with E-state index in [0.29, 0.717) is 23.8 Å². The summed E-state index contributed by atoms with van der Waals surface area (Å²) >= 11 is 0. The fourth-order valence-corrected chi connectivity index (χ4v) is 2.45. The van der Waals surface area contributed by atoms with Crippen LogP contribution in [0.1, 0.15) is 12.0 Å². The first-order valence-corrected chi connectivity index (χ1v) is 5.88. The maximum atomic E-state index is 13.8. The highest BCUT2D eigenvalue weighted by Crippen LogP contribution is 2.29. The van der Waals surface area contributed by atoms with Crippen LogP contribution in [0.5, 0.6) is 0 Å². The summed E-state index contributed by atoms with van der Waals surface area (Å²) in [6.07, 6.45) is 1.01. The largest absolute Gasteiger partial charge is 0.392 e. The molecule has 1 N–H and O–H groups in total. The quantitative estimate of drug-likeness (QED) is 0.869. The number of para-hydroxylation sites is 1. The van der Waals surface area contributed by atoms with E-state index in [0.717, 1.165) is 19.5 Å². The van der Waals surface area contributed by atoms with Gasteiger partial charge >= 0.3 is 0 Å². The van der Waals surface area contributed by atoms with Crippen molar-refractivity contribution in [2.75, 3.05) is 31.7 Å². The summed E-state index contributed by atoms with van der Waals surface area (Å²) in [6, 6.07) is 4.84. The highest BCUT2D eigenvalue weighted by atomic mass is 19.1. The molecule has 2 rings (SSSR count). The third-order valence-corrected chi connectivity index (χ3v) is 3.25. The fourth-order valence-electron chi connectivity index (χ4n) is 2.45. The van der Waals surface area contributed by atoms with Crippen molar-refractivity contribution in [3.8, 4) is 0 Å². The molecule has 1 atom stereocenters. The average Bonchev–Trinajstić information content (AvgIpc) is 2.77. The molecule has 1 fully saturated rings. The molecule has 0 aliphatic carbocycles. The highest BCUT2D eigenvalue weighted by molar-refractivity contribution is 5.55. The Morgan fingerprint density at radius 1 is 1.53 bits per heavy atom. The van der Waals surface area contributed by atoms with E-state index in [-0.39, 0.29) is 12.4 Å². The Kier molecular flexibility index (Phi) is 3.97. The normalized spacial score (nSPS) is 19.9. The molecule has 0 aromatic heterocycles. The monoisotopic (exact) mass is 239 g/mol. The SMILES string of the molecule is COCC1CCN(c2c(F)cccc2CO)C1. The van der Waals surface area contributed by atoms with Crippen LogP contribution >= 0.6 is 0 Å². The van der Waals surface area contributed by atoms with Gasteiger partial charge in [0.25, 0.3) is 0 Å². The summed E-state index contributed by atoms with van der Waals surface area (Å²) in [6.45, 7) is 2.20. The summed E-state index contributed by atoms with van der Waals surface area (Å²) in [5.74, 6) is 0.195.